The van der Waals surface area contributed by atoms with Crippen LogP contribution in [0, 0.1) is 0 Å². The lowest BCUT2D eigenvalue weighted by Gasteiger charge is -2.10. The third kappa shape index (κ3) is 3.45. The van der Waals surface area contributed by atoms with Crippen molar-refractivity contribution >= 4 is 17.3 Å². The SMILES string of the molecule is CC(C)OC(=O)c1c(-c2ccccc2)c(C(=O)c2ccccc2)n2ccccc12. The largest absolute Gasteiger partial charge is 0.459 e. The molecule has 0 radical (unpaired) electrons. The van der Waals surface area contributed by atoms with Gasteiger partial charge >= 0.3 is 5.97 Å². The summed E-state index contributed by atoms with van der Waals surface area (Å²) in [6.45, 7) is 3.63. The van der Waals surface area contributed by atoms with E-state index in [2.05, 4.69) is 0 Å². The molecule has 0 saturated carbocycles. The Morgan fingerprint density at radius 3 is 2.10 bits per heavy atom. The van der Waals surface area contributed by atoms with Crippen molar-refractivity contribution in [3.8, 4) is 11.1 Å². The summed E-state index contributed by atoms with van der Waals surface area (Å²) >= 11 is 0. The van der Waals surface area contributed by atoms with Gasteiger partial charge in [0.05, 0.1) is 17.2 Å². The van der Waals surface area contributed by atoms with E-state index in [0.29, 0.717) is 27.9 Å². The quantitative estimate of drug-likeness (QED) is 0.342. The molecule has 0 aliphatic rings. The molecule has 0 saturated heterocycles. The summed E-state index contributed by atoms with van der Waals surface area (Å²) in [7, 11) is 0. The Labute approximate surface area is 169 Å². The average molecular weight is 383 g/mol. The summed E-state index contributed by atoms with van der Waals surface area (Å²) in [4.78, 5) is 26.6. The standard InChI is InChI=1S/C25H21NO3/c1-17(2)29-25(28)22-20-15-9-10-16-26(20)23(21(22)18-11-5-3-6-12-18)24(27)19-13-7-4-8-14-19/h3-17H,1-2H3. The first kappa shape index (κ1) is 18.7. The second kappa shape index (κ2) is 7.76. The van der Waals surface area contributed by atoms with Crippen molar-refractivity contribution in [3.63, 3.8) is 0 Å². The lowest BCUT2D eigenvalue weighted by molar-refractivity contribution is 0.0381. The number of ether oxygens (including phenoxy) is 1. The molecule has 2 aromatic heterocycles. The second-order valence-corrected chi connectivity index (χ2v) is 7.07. The molecular weight excluding hydrogens is 362 g/mol. The van der Waals surface area contributed by atoms with Gasteiger partial charge in [-0.15, -0.1) is 0 Å². The minimum absolute atomic E-state index is 0.144. The summed E-state index contributed by atoms with van der Waals surface area (Å²) in [5.41, 5.74) is 3.47. The van der Waals surface area contributed by atoms with Gasteiger partial charge in [-0.1, -0.05) is 66.7 Å². The predicted molar refractivity (Wildman–Crippen MR) is 113 cm³/mol. The number of nitrogens with zero attached hydrogens (tertiary/aromatic N) is 1. The number of benzene rings is 2. The molecular formula is C25H21NO3. The number of hydrogen-bond acceptors (Lipinski definition) is 3. The van der Waals surface area contributed by atoms with Crippen LogP contribution in [0.3, 0.4) is 0 Å². The average Bonchev–Trinajstić information content (AvgIpc) is 3.09. The zero-order chi connectivity index (χ0) is 20.4. The van der Waals surface area contributed by atoms with Crippen LogP contribution < -0.4 is 0 Å². The van der Waals surface area contributed by atoms with Crippen LogP contribution in [0.25, 0.3) is 16.6 Å². The molecule has 2 heterocycles. The maximum atomic E-state index is 13.5. The van der Waals surface area contributed by atoms with Gasteiger partial charge in [-0.2, -0.15) is 0 Å². The van der Waals surface area contributed by atoms with Crippen molar-refractivity contribution in [1.29, 1.82) is 0 Å². The molecule has 4 rings (SSSR count). The van der Waals surface area contributed by atoms with Crippen LogP contribution in [0.15, 0.2) is 85.1 Å². The molecule has 144 valence electrons. The normalized spacial score (nSPS) is 11.0. The molecule has 0 unspecified atom stereocenters. The molecule has 0 amide bonds. The highest BCUT2D eigenvalue weighted by Gasteiger charge is 2.29. The monoisotopic (exact) mass is 383 g/mol. The number of fused-ring (bicyclic) bond motifs is 1. The molecule has 29 heavy (non-hydrogen) atoms. The van der Waals surface area contributed by atoms with E-state index in [9.17, 15) is 9.59 Å². The summed E-state index contributed by atoms with van der Waals surface area (Å²) in [6, 6.07) is 24.2. The number of rotatable bonds is 5. The molecule has 0 aliphatic carbocycles. The van der Waals surface area contributed by atoms with Crippen molar-refractivity contribution < 1.29 is 14.3 Å². The topological polar surface area (TPSA) is 47.8 Å². The van der Waals surface area contributed by atoms with Gasteiger partial charge in [-0.25, -0.2) is 4.79 Å². The van der Waals surface area contributed by atoms with Crippen molar-refractivity contribution in [2.45, 2.75) is 20.0 Å². The molecule has 4 nitrogen and oxygen atoms in total. The zero-order valence-electron chi connectivity index (χ0n) is 16.3. The minimum Gasteiger partial charge on any atom is -0.459 e. The van der Waals surface area contributed by atoms with Crippen LogP contribution in [-0.4, -0.2) is 22.3 Å². The molecule has 4 heteroatoms. The van der Waals surface area contributed by atoms with E-state index in [4.69, 9.17) is 4.74 Å². The van der Waals surface area contributed by atoms with Crippen LogP contribution in [0.5, 0.6) is 0 Å². The van der Waals surface area contributed by atoms with Crippen molar-refractivity contribution in [3.05, 3.63) is 102 Å². The van der Waals surface area contributed by atoms with E-state index in [1.807, 2.05) is 86.8 Å². The number of esters is 1. The van der Waals surface area contributed by atoms with E-state index >= 15 is 0 Å². The summed E-state index contributed by atoms with van der Waals surface area (Å²) in [5.74, 6) is -0.580. The zero-order valence-corrected chi connectivity index (χ0v) is 16.3. The van der Waals surface area contributed by atoms with E-state index in [0.717, 1.165) is 5.56 Å². The van der Waals surface area contributed by atoms with Gasteiger partial charge in [0.1, 0.15) is 5.69 Å². The van der Waals surface area contributed by atoms with E-state index in [1.165, 1.54) is 0 Å². The lowest BCUT2D eigenvalue weighted by atomic mass is 9.96. The maximum Gasteiger partial charge on any atom is 0.341 e. The number of ketones is 1. The Morgan fingerprint density at radius 1 is 0.828 bits per heavy atom. The molecule has 0 aliphatic heterocycles. The lowest BCUT2D eigenvalue weighted by Crippen LogP contribution is -2.12. The Bertz CT molecular complexity index is 1170. The third-order valence-corrected chi connectivity index (χ3v) is 4.70. The van der Waals surface area contributed by atoms with Gasteiger partial charge in [0.25, 0.3) is 0 Å². The third-order valence-electron chi connectivity index (χ3n) is 4.70. The van der Waals surface area contributed by atoms with Gasteiger partial charge in [0.2, 0.25) is 5.78 Å². The fourth-order valence-electron chi connectivity index (χ4n) is 3.52. The maximum absolute atomic E-state index is 13.5. The Kier molecular flexibility index (Phi) is 5.00. The Balaban J connectivity index is 2.07. The van der Waals surface area contributed by atoms with Crippen LogP contribution in [-0.2, 0) is 4.74 Å². The Morgan fingerprint density at radius 2 is 1.45 bits per heavy atom. The molecule has 0 N–H and O–H groups in total. The van der Waals surface area contributed by atoms with Gasteiger partial charge in [0, 0.05) is 17.3 Å². The van der Waals surface area contributed by atoms with Gasteiger partial charge < -0.3 is 9.14 Å². The first-order valence-corrected chi connectivity index (χ1v) is 9.57. The highest BCUT2D eigenvalue weighted by molar-refractivity contribution is 6.18. The molecule has 0 bridgehead atoms. The highest BCUT2D eigenvalue weighted by Crippen LogP contribution is 2.35. The number of carbonyl (C=O) groups excluding carboxylic acids is 2. The van der Waals surface area contributed by atoms with Gasteiger partial charge in [-0.3, -0.25) is 4.79 Å². The van der Waals surface area contributed by atoms with Crippen LogP contribution in [0.1, 0.15) is 40.3 Å². The molecule has 2 aromatic carbocycles. The Hall–Kier alpha value is -3.66. The highest BCUT2D eigenvalue weighted by atomic mass is 16.5. The first-order chi connectivity index (χ1) is 14.1. The molecule has 4 aromatic rings. The number of carbonyl (C=O) groups is 2. The van der Waals surface area contributed by atoms with Crippen molar-refractivity contribution in [2.75, 3.05) is 0 Å². The number of aromatic nitrogens is 1. The fourth-order valence-corrected chi connectivity index (χ4v) is 3.52. The van der Waals surface area contributed by atoms with E-state index < -0.39 is 5.97 Å². The smallest absolute Gasteiger partial charge is 0.341 e. The summed E-state index contributed by atoms with van der Waals surface area (Å²) < 4.78 is 7.33. The number of pyridine rings is 1. The van der Waals surface area contributed by atoms with Crippen molar-refractivity contribution in [1.82, 2.24) is 4.40 Å². The van der Waals surface area contributed by atoms with E-state index in [-0.39, 0.29) is 11.9 Å². The van der Waals surface area contributed by atoms with Gasteiger partial charge in [-0.05, 0) is 31.5 Å². The predicted octanol–water partition coefficient (Wildman–Crippen LogP) is 5.40. The summed E-state index contributed by atoms with van der Waals surface area (Å²) in [6.07, 6.45) is 1.54. The van der Waals surface area contributed by atoms with Crippen LogP contribution in [0.4, 0.5) is 0 Å². The fraction of sp³-hybridized carbons (Fsp3) is 0.120. The molecule has 0 spiro atoms. The van der Waals surface area contributed by atoms with Gasteiger partial charge in [0.15, 0.2) is 0 Å². The molecule has 0 fully saturated rings. The van der Waals surface area contributed by atoms with E-state index in [1.54, 1.807) is 16.5 Å². The van der Waals surface area contributed by atoms with Crippen LogP contribution in [0.2, 0.25) is 0 Å². The second-order valence-electron chi connectivity index (χ2n) is 7.07. The number of hydrogen-bond donors (Lipinski definition) is 0. The van der Waals surface area contributed by atoms with Crippen molar-refractivity contribution in [2.24, 2.45) is 0 Å². The van der Waals surface area contributed by atoms with Crippen LogP contribution >= 0.6 is 0 Å². The molecule has 0 atom stereocenters. The first-order valence-electron chi connectivity index (χ1n) is 9.57. The minimum atomic E-state index is -0.435. The summed E-state index contributed by atoms with van der Waals surface area (Å²) in [5, 5.41) is 0.